The Kier molecular flexibility index (Phi) is 5.81. The minimum Gasteiger partial charge on any atom is -0.330 e. The van der Waals surface area contributed by atoms with E-state index >= 15 is 0 Å². The van der Waals surface area contributed by atoms with Gasteiger partial charge < -0.3 is 10.6 Å². The summed E-state index contributed by atoms with van der Waals surface area (Å²) in [6.45, 7) is 2.87. The molecule has 0 spiro atoms. The highest BCUT2D eigenvalue weighted by atomic mass is 32.2. The lowest BCUT2D eigenvalue weighted by Gasteiger charge is -2.30. The number of nitrogens with two attached hydrogens (primary N) is 1. The second-order valence-corrected chi connectivity index (χ2v) is 6.47. The van der Waals surface area contributed by atoms with Crippen LogP contribution in [-0.4, -0.2) is 63.9 Å². The highest BCUT2D eigenvalue weighted by Gasteiger charge is 2.24. The summed E-state index contributed by atoms with van der Waals surface area (Å²) in [5, 5.41) is 0. The van der Waals surface area contributed by atoms with Gasteiger partial charge >= 0.3 is 0 Å². The molecule has 0 bridgehead atoms. The van der Waals surface area contributed by atoms with Gasteiger partial charge in [0, 0.05) is 19.6 Å². The van der Waals surface area contributed by atoms with E-state index in [4.69, 9.17) is 5.73 Å². The number of nitrogens with one attached hydrogen (secondary N) is 1. The lowest BCUT2D eigenvalue weighted by Crippen LogP contribution is -2.48. The highest BCUT2D eigenvalue weighted by molar-refractivity contribution is 7.87. The molecule has 1 rings (SSSR count). The van der Waals surface area contributed by atoms with Crippen LogP contribution in [0, 0.1) is 0 Å². The van der Waals surface area contributed by atoms with Crippen molar-refractivity contribution in [1.82, 2.24) is 13.9 Å². The Morgan fingerprint density at radius 2 is 2.00 bits per heavy atom. The van der Waals surface area contributed by atoms with Crippen LogP contribution in [0.3, 0.4) is 0 Å². The summed E-state index contributed by atoms with van der Waals surface area (Å²) in [4.78, 5) is 2.21. The molecular formula is C10H24N4O2S. The van der Waals surface area contributed by atoms with E-state index in [1.165, 1.54) is 4.31 Å². The first kappa shape index (κ1) is 14.8. The molecule has 0 aromatic heterocycles. The first-order chi connectivity index (χ1) is 7.95. The Morgan fingerprint density at radius 1 is 1.41 bits per heavy atom. The number of rotatable bonds is 6. The van der Waals surface area contributed by atoms with Gasteiger partial charge in [0.25, 0.3) is 10.2 Å². The van der Waals surface area contributed by atoms with Gasteiger partial charge in [0.05, 0.1) is 0 Å². The van der Waals surface area contributed by atoms with E-state index in [0.29, 0.717) is 19.5 Å². The largest absolute Gasteiger partial charge is 0.330 e. The van der Waals surface area contributed by atoms with Crippen molar-refractivity contribution in [2.45, 2.75) is 25.3 Å². The molecule has 7 heteroatoms. The van der Waals surface area contributed by atoms with Crippen molar-refractivity contribution in [3.63, 3.8) is 0 Å². The Morgan fingerprint density at radius 3 is 2.53 bits per heavy atom. The molecule has 0 atom stereocenters. The Bertz CT molecular complexity index is 312. The monoisotopic (exact) mass is 264 g/mol. The quantitative estimate of drug-likeness (QED) is 0.658. The number of hydrogen-bond acceptors (Lipinski definition) is 4. The topological polar surface area (TPSA) is 78.7 Å². The number of nitrogens with zero attached hydrogens (tertiary/aromatic N) is 2. The summed E-state index contributed by atoms with van der Waals surface area (Å²) >= 11 is 0. The molecule has 0 aliphatic carbocycles. The van der Waals surface area contributed by atoms with Crippen molar-refractivity contribution >= 4 is 10.2 Å². The van der Waals surface area contributed by atoms with E-state index in [2.05, 4.69) is 16.7 Å². The van der Waals surface area contributed by atoms with E-state index < -0.39 is 10.2 Å². The third-order valence-corrected chi connectivity index (χ3v) is 4.76. The number of likely N-dealkylation sites (tertiary alicyclic amines) is 1. The van der Waals surface area contributed by atoms with Crippen molar-refractivity contribution in [3.8, 4) is 0 Å². The fraction of sp³-hybridized carbons (Fsp3) is 1.00. The molecule has 1 aliphatic heterocycles. The Hall–Kier alpha value is -0.210. The molecule has 0 saturated carbocycles. The van der Waals surface area contributed by atoms with E-state index in [1.54, 1.807) is 7.05 Å². The predicted octanol–water partition coefficient (Wildman–Crippen LogP) is -0.804. The molecular weight excluding hydrogens is 240 g/mol. The van der Waals surface area contributed by atoms with E-state index in [9.17, 15) is 8.42 Å². The standard InChI is InChI=1S/C10H24N4O2S/c1-13-8-4-10(5-9-13)12-17(15,16)14(2)7-3-6-11/h10,12H,3-9,11H2,1-2H3. The molecule has 0 amide bonds. The van der Waals surface area contributed by atoms with Crippen LogP contribution >= 0.6 is 0 Å². The minimum atomic E-state index is -3.34. The number of hydrogen-bond donors (Lipinski definition) is 2. The van der Waals surface area contributed by atoms with Gasteiger partial charge in [-0.15, -0.1) is 0 Å². The Balaban J connectivity index is 2.43. The van der Waals surface area contributed by atoms with Gasteiger partial charge in [-0.25, -0.2) is 0 Å². The molecule has 17 heavy (non-hydrogen) atoms. The maximum atomic E-state index is 11.9. The molecule has 0 aromatic carbocycles. The number of piperidine rings is 1. The smallest absolute Gasteiger partial charge is 0.279 e. The molecule has 1 saturated heterocycles. The third kappa shape index (κ3) is 4.89. The van der Waals surface area contributed by atoms with E-state index in [0.717, 1.165) is 25.9 Å². The van der Waals surface area contributed by atoms with Crippen molar-refractivity contribution in [1.29, 1.82) is 0 Å². The maximum Gasteiger partial charge on any atom is 0.279 e. The van der Waals surface area contributed by atoms with Crippen LogP contribution in [0.15, 0.2) is 0 Å². The highest BCUT2D eigenvalue weighted by Crippen LogP contribution is 2.10. The van der Waals surface area contributed by atoms with Gasteiger partial charge in [0.2, 0.25) is 0 Å². The third-order valence-electron chi connectivity index (χ3n) is 3.12. The van der Waals surface area contributed by atoms with Gasteiger partial charge in [0.1, 0.15) is 0 Å². The van der Waals surface area contributed by atoms with Crippen LogP contribution in [0.2, 0.25) is 0 Å². The molecule has 102 valence electrons. The van der Waals surface area contributed by atoms with Gasteiger partial charge in [-0.05, 0) is 45.9 Å². The minimum absolute atomic E-state index is 0.0662. The van der Waals surface area contributed by atoms with Crippen LogP contribution in [0.5, 0.6) is 0 Å². The van der Waals surface area contributed by atoms with Gasteiger partial charge in [0.15, 0.2) is 0 Å². The first-order valence-electron chi connectivity index (χ1n) is 6.08. The summed E-state index contributed by atoms with van der Waals surface area (Å²) in [5.41, 5.74) is 5.37. The fourth-order valence-corrected chi connectivity index (χ4v) is 3.07. The van der Waals surface area contributed by atoms with Crippen LogP contribution in [0.4, 0.5) is 0 Å². The lowest BCUT2D eigenvalue weighted by atomic mass is 10.1. The van der Waals surface area contributed by atoms with Crippen molar-refractivity contribution in [2.24, 2.45) is 5.73 Å². The van der Waals surface area contributed by atoms with Gasteiger partial charge in [-0.2, -0.15) is 17.4 Å². The molecule has 0 aromatic rings. The molecule has 1 aliphatic rings. The van der Waals surface area contributed by atoms with Crippen molar-refractivity contribution < 1.29 is 8.42 Å². The zero-order valence-corrected chi connectivity index (χ0v) is 11.5. The summed E-state index contributed by atoms with van der Waals surface area (Å²) in [6, 6.07) is 0.0662. The molecule has 1 fully saturated rings. The molecule has 0 radical (unpaired) electrons. The van der Waals surface area contributed by atoms with Crippen molar-refractivity contribution in [3.05, 3.63) is 0 Å². The van der Waals surface area contributed by atoms with E-state index in [1.807, 2.05) is 0 Å². The van der Waals surface area contributed by atoms with Crippen LogP contribution < -0.4 is 10.5 Å². The Labute approximate surface area is 104 Å². The molecule has 6 nitrogen and oxygen atoms in total. The second kappa shape index (κ2) is 6.65. The fourth-order valence-electron chi connectivity index (χ4n) is 1.86. The summed E-state index contributed by atoms with van der Waals surface area (Å²) in [6.07, 6.45) is 2.44. The SMILES string of the molecule is CN1CCC(NS(=O)(=O)N(C)CCCN)CC1. The van der Waals surface area contributed by atoms with Crippen LogP contribution in [0.25, 0.3) is 0 Å². The summed E-state index contributed by atoms with van der Waals surface area (Å²) < 4.78 is 28.0. The summed E-state index contributed by atoms with van der Waals surface area (Å²) in [5.74, 6) is 0. The van der Waals surface area contributed by atoms with Gasteiger partial charge in [-0.3, -0.25) is 0 Å². The van der Waals surface area contributed by atoms with Crippen LogP contribution in [-0.2, 0) is 10.2 Å². The average Bonchev–Trinajstić information content (AvgIpc) is 2.28. The van der Waals surface area contributed by atoms with Crippen molar-refractivity contribution in [2.75, 3.05) is 40.3 Å². The zero-order chi connectivity index (χ0) is 12.9. The lowest BCUT2D eigenvalue weighted by molar-refractivity contribution is 0.246. The predicted molar refractivity (Wildman–Crippen MR) is 68.9 cm³/mol. The summed E-state index contributed by atoms with van der Waals surface area (Å²) in [7, 11) is 0.304. The zero-order valence-electron chi connectivity index (χ0n) is 10.7. The molecule has 1 heterocycles. The first-order valence-corrected chi connectivity index (χ1v) is 7.52. The second-order valence-electron chi connectivity index (χ2n) is 4.66. The van der Waals surface area contributed by atoms with E-state index in [-0.39, 0.29) is 6.04 Å². The van der Waals surface area contributed by atoms with Gasteiger partial charge in [-0.1, -0.05) is 0 Å². The normalized spacial score (nSPS) is 20.0. The average molecular weight is 264 g/mol. The van der Waals surface area contributed by atoms with Crippen LogP contribution in [0.1, 0.15) is 19.3 Å². The maximum absolute atomic E-state index is 11.9. The molecule has 3 N–H and O–H groups in total. The molecule has 0 unspecified atom stereocenters.